The van der Waals surface area contributed by atoms with Gasteiger partial charge < -0.3 is 4.74 Å². The van der Waals surface area contributed by atoms with Gasteiger partial charge in [0.05, 0.1) is 12.8 Å². The second-order valence-electron chi connectivity index (χ2n) is 4.10. The zero-order valence-corrected chi connectivity index (χ0v) is 10.7. The Labute approximate surface area is 117 Å². The Morgan fingerprint density at radius 1 is 1.24 bits per heavy atom. The largest absolute Gasteiger partial charge is 0.463 e. The van der Waals surface area contributed by atoms with E-state index in [9.17, 15) is 13.6 Å². The zero-order valence-electron chi connectivity index (χ0n) is 10.7. The monoisotopic (exact) mass is 290 g/mol. The van der Waals surface area contributed by atoms with Crippen molar-refractivity contribution in [2.75, 3.05) is 7.11 Å². The molecule has 0 aliphatic heterocycles. The van der Waals surface area contributed by atoms with Crippen molar-refractivity contribution in [3.05, 3.63) is 47.9 Å². The average Bonchev–Trinajstić information content (AvgIpc) is 2.93. The first kappa shape index (κ1) is 13.1. The summed E-state index contributed by atoms with van der Waals surface area (Å²) in [5.74, 6) is -2.65. The fourth-order valence-corrected chi connectivity index (χ4v) is 1.85. The molecular weight excluding hydrogens is 282 g/mol. The van der Waals surface area contributed by atoms with Crippen LogP contribution in [-0.2, 0) is 4.74 Å². The molecule has 0 atom stereocenters. The van der Waals surface area contributed by atoms with Crippen molar-refractivity contribution in [2.45, 2.75) is 0 Å². The molecule has 0 saturated carbocycles. The van der Waals surface area contributed by atoms with Gasteiger partial charge in [-0.2, -0.15) is 9.50 Å². The summed E-state index contributed by atoms with van der Waals surface area (Å²) in [6, 6.07) is 4.99. The molecule has 0 aliphatic rings. The Bertz CT molecular complexity index is 847. The number of carbonyl (C=O) groups excluding carboxylic acids is 1. The third-order valence-corrected chi connectivity index (χ3v) is 2.82. The average molecular weight is 290 g/mol. The Morgan fingerprint density at radius 2 is 2.05 bits per heavy atom. The highest BCUT2D eigenvalue weighted by Gasteiger charge is 2.16. The number of benzene rings is 1. The highest BCUT2D eigenvalue weighted by molar-refractivity contribution is 5.85. The standard InChI is InChI=1S/C13H8F2N4O2/c1-21-12(20)11-17-13-16-5-4-10(19(13)18-11)7-2-3-8(14)9(15)6-7/h2-6H,1H3. The maximum atomic E-state index is 13.3. The molecular formula is C13H8F2N4O2. The highest BCUT2D eigenvalue weighted by atomic mass is 19.2. The van der Waals surface area contributed by atoms with Gasteiger partial charge in [-0.25, -0.2) is 18.6 Å². The molecule has 0 amide bonds. The van der Waals surface area contributed by atoms with E-state index in [-0.39, 0.29) is 11.6 Å². The summed E-state index contributed by atoms with van der Waals surface area (Å²) in [6.45, 7) is 0. The number of halogens is 2. The van der Waals surface area contributed by atoms with Gasteiger partial charge in [-0.15, -0.1) is 5.10 Å². The maximum absolute atomic E-state index is 13.3. The van der Waals surface area contributed by atoms with Crippen molar-refractivity contribution >= 4 is 11.7 Å². The summed E-state index contributed by atoms with van der Waals surface area (Å²) >= 11 is 0. The lowest BCUT2D eigenvalue weighted by Gasteiger charge is -2.03. The van der Waals surface area contributed by atoms with Gasteiger partial charge in [0, 0.05) is 11.8 Å². The van der Waals surface area contributed by atoms with E-state index in [4.69, 9.17) is 0 Å². The number of methoxy groups -OCH3 is 1. The van der Waals surface area contributed by atoms with Gasteiger partial charge in [0.1, 0.15) is 0 Å². The molecule has 0 spiro atoms. The normalized spacial score (nSPS) is 10.8. The predicted octanol–water partition coefficient (Wildman–Crippen LogP) is 1.86. The predicted molar refractivity (Wildman–Crippen MR) is 67.5 cm³/mol. The van der Waals surface area contributed by atoms with Crippen molar-refractivity contribution < 1.29 is 18.3 Å². The van der Waals surface area contributed by atoms with Gasteiger partial charge >= 0.3 is 5.97 Å². The van der Waals surface area contributed by atoms with Crippen LogP contribution in [0.4, 0.5) is 8.78 Å². The smallest absolute Gasteiger partial charge is 0.378 e. The van der Waals surface area contributed by atoms with E-state index in [0.717, 1.165) is 12.1 Å². The van der Waals surface area contributed by atoms with Gasteiger partial charge in [-0.05, 0) is 24.3 Å². The third kappa shape index (κ3) is 2.20. The van der Waals surface area contributed by atoms with Crippen LogP contribution < -0.4 is 0 Å². The quantitative estimate of drug-likeness (QED) is 0.674. The number of ether oxygens (including phenoxy) is 1. The van der Waals surface area contributed by atoms with Crippen LogP contribution in [0.15, 0.2) is 30.5 Å². The summed E-state index contributed by atoms with van der Waals surface area (Å²) < 4.78 is 32.1. The van der Waals surface area contributed by atoms with Crippen LogP contribution in [0.25, 0.3) is 17.0 Å². The Kier molecular flexibility index (Phi) is 3.05. The molecule has 1 aromatic carbocycles. The fraction of sp³-hybridized carbons (Fsp3) is 0.0769. The van der Waals surface area contributed by atoms with E-state index >= 15 is 0 Å². The molecule has 6 nitrogen and oxygen atoms in total. The summed E-state index contributed by atoms with van der Waals surface area (Å²) in [6.07, 6.45) is 1.43. The minimum absolute atomic E-state index is 0.151. The van der Waals surface area contributed by atoms with E-state index in [1.807, 2.05) is 0 Å². The van der Waals surface area contributed by atoms with Crippen LogP contribution in [0.3, 0.4) is 0 Å². The molecule has 0 N–H and O–H groups in total. The van der Waals surface area contributed by atoms with Crippen LogP contribution in [0.5, 0.6) is 0 Å². The first-order chi connectivity index (χ1) is 10.1. The summed E-state index contributed by atoms with van der Waals surface area (Å²) in [5.41, 5.74) is 0.796. The minimum atomic E-state index is -0.981. The highest BCUT2D eigenvalue weighted by Crippen LogP contribution is 2.21. The molecule has 0 fully saturated rings. The van der Waals surface area contributed by atoms with Gasteiger partial charge in [0.25, 0.3) is 11.6 Å². The molecule has 0 bridgehead atoms. The van der Waals surface area contributed by atoms with E-state index in [2.05, 4.69) is 19.8 Å². The Hall–Kier alpha value is -2.90. The van der Waals surface area contributed by atoms with Crippen molar-refractivity contribution in [1.29, 1.82) is 0 Å². The summed E-state index contributed by atoms with van der Waals surface area (Å²) in [7, 11) is 1.21. The van der Waals surface area contributed by atoms with E-state index in [1.165, 1.54) is 23.9 Å². The van der Waals surface area contributed by atoms with Crippen molar-refractivity contribution in [2.24, 2.45) is 0 Å². The van der Waals surface area contributed by atoms with Gasteiger partial charge in [0.15, 0.2) is 11.6 Å². The number of fused-ring (bicyclic) bond motifs is 1. The number of carbonyl (C=O) groups is 1. The number of rotatable bonds is 2. The lowest BCUT2D eigenvalue weighted by molar-refractivity contribution is 0.0587. The first-order valence-corrected chi connectivity index (χ1v) is 5.85. The number of aromatic nitrogens is 4. The molecule has 0 saturated heterocycles. The lowest BCUT2D eigenvalue weighted by atomic mass is 10.1. The molecule has 0 radical (unpaired) electrons. The van der Waals surface area contributed by atoms with Gasteiger partial charge in [-0.3, -0.25) is 0 Å². The second-order valence-corrected chi connectivity index (χ2v) is 4.10. The van der Waals surface area contributed by atoms with Gasteiger partial charge in [0.2, 0.25) is 0 Å². The zero-order chi connectivity index (χ0) is 15.0. The molecule has 2 aromatic heterocycles. The van der Waals surface area contributed by atoms with Crippen molar-refractivity contribution in [3.8, 4) is 11.3 Å². The van der Waals surface area contributed by atoms with Crippen LogP contribution in [0.2, 0.25) is 0 Å². The molecule has 0 unspecified atom stereocenters. The van der Waals surface area contributed by atoms with Gasteiger partial charge in [-0.1, -0.05) is 0 Å². The van der Waals surface area contributed by atoms with E-state index in [0.29, 0.717) is 11.3 Å². The summed E-state index contributed by atoms with van der Waals surface area (Å²) in [5, 5.41) is 3.96. The molecule has 21 heavy (non-hydrogen) atoms. The van der Waals surface area contributed by atoms with Crippen molar-refractivity contribution in [1.82, 2.24) is 19.6 Å². The lowest BCUT2D eigenvalue weighted by Crippen LogP contribution is -2.04. The number of hydrogen-bond acceptors (Lipinski definition) is 5. The SMILES string of the molecule is COC(=O)c1nc2nccc(-c3ccc(F)c(F)c3)n2n1. The topological polar surface area (TPSA) is 69.4 Å². The number of nitrogens with zero attached hydrogens (tertiary/aromatic N) is 4. The summed E-state index contributed by atoms with van der Waals surface area (Å²) in [4.78, 5) is 19.3. The fourth-order valence-electron chi connectivity index (χ4n) is 1.85. The van der Waals surface area contributed by atoms with Crippen LogP contribution in [0.1, 0.15) is 10.6 Å². The van der Waals surface area contributed by atoms with E-state index in [1.54, 1.807) is 6.07 Å². The molecule has 0 aliphatic carbocycles. The first-order valence-electron chi connectivity index (χ1n) is 5.85. The number of esters is 1. The molecule has 3 aromatic rings. The molecule has 8 heteroatoms. The van der Waals surface area contributed by atoms with E-state index < -0.39 is 17.6 Å². The molecule has 106 valence electrons. The van der Waals surface area contributed by atoms with Crippen LogP contribution in [-0.4, -0.2) is 32.7 Å². The number of hydrogen-bond donors (Lipinski definition) is 0. The second kappa shape index (κ2) is 4.89. The van der Waals surface area contributed by atoms with Crippen LogP contribution >= 0.6 is 0 Å². The molecule has 3 rings (SSSR count). The van der Waals surface area contributed by atoms with Crippen molar-refractivity contribution in [3.63, 3.8) is 0 Å². The third-order valence-electron chi connectivity index (χ3n) is 2.82. The van der Waals surface area contributed by atoms with Crippen LogP contribution in [0, 0.1) is 11.6 Å². The minimum Gasteiger partial charge on any atom is -0.463 e. The molecule has 2 heterocycles. The maximum Gasteiger partial charge on any atom is 0.378 e. The Morgan fingerprint density at radius 3 is 2.76 bits per heavy atom. The Balaban J connectivity index is 2.20.